The molecule has 6 nitrogen and oxygen atoms in total. The zero-order valence-electron chi connectivity index (χ0n) is 18.9. The van der Waals surface area contributed by atoms with Crippen molar-refractivity contribution in [2.75, 3.05) is 33.8 Å². The number of ether oxygens (including phenoxy) is 1. The van der Waals surface area contributed by atoms with Crippen LogP contribution in [0.25, 0.3) is 0 Å². The molecule has 2 aromatic carbocycles. The summed E-state index contributed by atoms with van der Waals surface area (Å²) in [5.41, 5.74) is 2.64. The zero-order valence-corrected chi connectivity index (χ0v) is 18.9. The number of carbonyl (C=O) groups excluding carboxylic acids is 1. The second-order valence-electron chi connectivity index (χ2n) is 8.27. The molecular weight excluding hydrogens is 388 g/mol. The van der Waals surface area contributed by atoms with Gasteiger partial charge in [0.1, 0.15) is 5.75 Å². The molecule has 3 rings (SSSR count). The summed E-state index contributed by atoms with van der Waals surface area (Å²) in [4.78, 5) is 18.0. The van der Waals surface area contributed by atoms with E-state index >= 15 is 0 Å². The molecule has 2 aromatic rings. The van der Waals surface area contributed by atoms with Crippen LogP contribution in [0.3, 0.4) is 0 Å². The van der Waals surface area contributed by atoms with Crippen LogP contribution in [0.1, 0.15) is 37.3 Å². The average Bonchev–Trinajstić information content (AvgIpc) is 2.76. The van der Waals surface area contributed by atoms with Gasteiger partial charge < -0.3 is 20.3 Å². The first-order valence-electron chi connectivity index (χ1n) is 11.0. The number of aliphatic imine (C=N–C) groups is 1. The standard InChI is InChI=1S/C25H34N4O2/c1-4-26-24(28-19-25(14-9-15-25)21-11-6-5-7-12-21)27-17-20-10-8-13-22(16-20)31-18-23(30)29(2)3/h5-8,10-13,16H,4,9,14-15,17-19H2,1-3H3,(H2,26,27,28). The van der Waals surface area contributed by atoms with Crippen LogP contribution < -0.4 is 15.4 Å². The van der Waals surface area contributed by atoms with E-state index in [0.29, 0.717) is 12.3 Å². The maximum absolute atomic E-state index is 11.7. The van der Waals surface area contributed by atoms with Gasteiger partial charge in [0.2, 0.25) is 0 Å². The first-order valence-corrected chi connectivity index (χ1v) is 11.0. The normalized spacial score (nSPS) is 15.0. The Morgan fingerprint density at radius 2 is 1.87 bits per heavy atom. The molecule has 0 bridgehead atoms. The zero-order chi connectivity index (χ0) is 22.1. The predicted molar refractivity (Wildman–Crippen MR) is 125 cm³/mol. The molecule has 1 aliphatic carbocycles. The summed E-state index contributed by atoms with van der Waals surface area (Å²) >= 11 is 0. The predicted octanol–water partition coefficient (Wildman–Crippen LogP) is 3.33. The highest BCUT2D eigenvalue weighted by molar-refractivity contribution is 5.80. The molecular formula is C25H34N4O2. The number of amides is 1. The number of nitrogens with zero attached hydrogens (tertiary/aromatic N) is 2. The molecule has 0 aliphatic heterocycles. The van der Waals surface area contributed by atoms with Crippen molar-refractivity contribution in [2.45, 2.75) is 38.1 Å². The van der Waals surface area contributed by atoms with E-state index in [9.17, 15) is 4.79 Å². The smallest absolute Gasteiger partial charge is 0.259 e. The van der Waals surface area contributed by atoms with Gasteiger partial charge in [-0.1, -0.05) is 48.9 Å². The molecule has 6 heteroatoms. The van der Waals surface area contributed by atoms with E-state index in [-0.39, 0.29) is 17.9 Å². The molecule has 166 valence electrons. The number of benzene rings is 2. The Balaban J connectivity index is 1.61. The fourth-order valence-electron chi connectivity index (χ4n) is 3.74. The lowest BCUT2D eigenvalue weighted by atomic mass is 9.64. The summed E-state index contributed by atoms with van der Waals surface area (Å²) in [6.45, 7) is 4.32. The molecule has 0 spiro atoms. The highest BCUT2D eigenvalue weighted by Crippen LogP contribution is 2.43. The Morgan fingerprint density at radius 3 is 2.52 bits per heavy atom. The van der Waals surface area contributed by atoms with E-state index in [4.69, 9.17) is 9.73 Å². The van der Waals surface area contributed by atoms with E-state index in [2.05, 4.69) is 47.9 Å². The van der Waals surface area contributed by atoms with E-state index in [1.807, 2.05) is 24.3 Å². The van der Waals surface area contributed by atoms with Crippen LogP contribution in [0.15, 0.2) is 59.6 Å². The topological polar surface area (TPSA) is 66.0 Å². The summed E-state index contributed by atoms with van der Waals surface area (Å²) in [5, 5.41) is 6.91. The van der Waals surface area contributed by atoms with Gasteiger partial charge in [-0.3, -0.25) is 4.79 Å². The second-order valence-corrected chi connectivity index (χ2v) is 8.27. The van der Waals surface area contributed by atoms with Crippen molar-refractivity contribution in [3.05, 3.63) is 65.7 Å². The molecule has 0 heterocycles. The fraction of sp³-hybridized carbons (Fsp3) is 0.440. The first kappa shape index (κ1) is 22.7. The highest BCUT2D eigenvalue weighted by atomic mass is 16.5. The van der Waals surface area contributed by atoms with Crippen molar-refractivity contribution in [2.24, 2.45) is 4.99 Å². The first-order chi connectivity index (χ1) is 15.0. The Morgan fingerprint density at radius 1 is 1.10 bits per heavy atom. The van der Waals surface area contributed by atoms with Gasteiger partial charge in [0.05, 0.1) is 6.54 Å². The van der Waals surface area contributed by atoms with Gasteiger partial charge in [-0.2, -0.15) is 0 Å². The van der Waals surface area contributed by atoms with E-state index in [1.54, 1.807) is 14.1 Å². The van der Waals surface area contributed by atoms with Crippen LogP contribution in [0.2, 0.25) is 0 Å². The Hall–Kier alpha value is -3.02. The minimum Gasteiger partial charge on any atom is -0.484 e. The van der Waals surface area contributed by atoms with Crippen LogP contribution in [0.5, 0.6) is 5.75 Å². The lowest BCUT2D eigenvalue weighted by molar-refractivity contribution is -0.130. The summed E-state index contributed by atoms with van der Waals surface area (Å²) < 4.78 is 5.62. The number of hydrogen-bond donors (Lipinski definition) is 2. The molecule has 31 heavy (non-hydrogen) atoms. The third-order valence-corrected chi connectivity index (χ3v) is 5.81. The van der Waals surface area contributed by atoms with Crippen LogP contribution >= 0.6 is 0 Å². The molecule has 2 N–H and O–H groups in total. The summed E-state index contributed by atoms with van der Waals surface area (Å²) in [6.07, 6.45) is 3.68. The van der Waals surface area contributed by atoms with Crippen molar-refractivity contribution < 1.29 is 9.53 Å². The van der Waals surface area contributed by atoms with Crippen LogP contribution in [-0.2, 0) is 16.8 Å². The molecule has 1 aliphatic rings. The van der Waals surface area contributed by atoms with Gasteiger partial charge in [-0.25, -0.2) is 4.99 Å². The molecule has 0 aromatic heterocycles. The van der Waals surface area contributed by atoms with E-state index in [1.165, 1.54) is 29.7 Å². The molecule has 1 saturated carbocycles. The minimum absolute atomic E-state index is 0.0332. The number of hydrogen-bond acceptors (Lipinski definition) is 3. The highest BCUT2D eigenvalue weighted by Gasteiger charge is 2.38. The maximum atomic E-state index is 11.7. The lowest BCUT2D eigenvalue weighted by Crippen LogP contribution is -2.48. The van der Waals surface area contributed by atoms with Crippen molar-refractivity contribution >= 4 is 11.9 Å². The van der Waals surface area contributed by atoms with Gasteiger partial charge in [0, 0.05) is 32.6 Å². The Kier molecular flexibility index (Phi) is 7.93. The molecule has 0 saturated heterocycles. The number of guanidine groups is 1. The summed E-state index contributed by atoms with van der Waals surface area (Å²) in [7, 11) is 3.44. The molecule has 1 fully saturated rings. The lowest BCUT2D eigenvalue weighted by Gasteiger charge is -2.43. The largest absolute Gasteiger partial charge is 0.484 e. The van der Waals surface area contributed by atoms with Gasteiger partial charge in [0.15, 0.2) is 12.6 Å². The maximum Gasteiger partial charge on any atom is 0.259 e. The van der Waals surface area contributed by atoms with Crippen molar-refractivity contribution in [3.63, 3.8) is 0 Å². The average molecular weight is 423 g/mol. The SMILES string of the molecule is CCNC(=NCc1cccc(OCC(=O)N(C)C)c1)NCC1(c2ccccc2)CCC1. The van der Waals surface area contributed by atoms with E-state index < -0.39 is 0 Å². The van der Waals surface area contributed by atoms with Crippen molar-refractivity contribution in [3.8, 4) is 5.75 Å². The van der Waals surface area contributed by atoms with Gasteiger partial charge >= 0.3 is 0 Å². The monoisotopic (exact) mass is 422 g/mol. The third-order valence-electron chi connectivity index (χ3n) is 5.81. The van der Waals surface area contributed by atoms with Gasteiger partial charge in [-0.05, 0) is 43.0 Å². The quantitative estimate of drug-likeness (QED) is 0.481. The molecule has 1 amide bonds. The summed E-state index contributed by atoms with van der Waals surface area (Å²) in [5.74, 6) is 1.43. The van der Waals surface area contributed by atoms with E-state index in [0.717, 1.165) is 24.6 Å². The number of rotatable bonds is 9. The van der Waals surface area contributed by atoms with Crippen molar-refractivity contribution in [1.29, 1.82) is 0 Å². The van der Waals surface area contributed by atoms with Crippen LogP contribution in [0.4, 0.5) is 0 Å². The number of carbonyl (C=O) groups is 1. The minimum atomic E-state index is -0.0644. The third kappa shape index (κ3) is 6.23. The van der Waals surface area contributed by atoms with Gasteiger partial charge in [0.25, 0.3) is 5.91 Å². The number of nitrogens with one attached hydrogen (secondary N) is 2. The molecule has 0 radical (unpaired) electrons. The Bertz CT molecular complexity index is 876. The fourth-order valence-corrected chi connectivity index (χ4v) is 3.74. The molecule has 0 atom stereocenters. The summed E-state index contributed by atoms with van der Waals surface area (Å²) in [6, 6.07) is 18.5. The van der Waals surface area contributed by atoms with Crippen molar-refractivity contribution in [1.82, 2.24) is 15.5 Å². The van der Waals surface area contributed by atoms with Gasteiger partial charge in [-0.15, -0.1) is 0 Å². The second kappa shape index (κ2) is 10.8. The number of likely N-dealkylation sites (N-methyl/N-ethyl adjacent to an activating group) is 1. The Labute approximate surface area is 185 Å². The van der Waals surface area contributed by atoms with Crippen LogP contribution in [-0.4, -0.2) is 50.6 Å². The van der Waals surface area contributed by atoms with Crippen LogP contribution in [0, 0.1) is 0 Å². The molecule has 0 unspecified atom stereocenters.